The summed E-state index contributed by atoms with van der Waals surface area (Å²) in [5, 5.41) is 0. The van der Waals surface area contributed by atoms with Crippen LogP contribution in [0.2, 0.25) is 0 Å². The molecule has 3 nitrogen and oxygen atoms in total. The van der Waals surface area contributed by atoms with Gasteiger partial charge in [-0.2, -0.15) is 8.42 Å². The average molecular weight is 346 g/mol. The zero-order chi connectivity index (χ0) is 8.65. The molecule has 0 atom stereocenters. The van der Waals surface area contributed by atoms with Crippen molar-refractivity contribution in [2.45, 2.75) is 4.90 Å². The predicted molar refractivity (Wildman–Crippen MR) is 50.6 cm³/mol. The first-order valence-corrected chi connectivity index (χ1v) is 6.18. The van der Waals surface area contributed by atoms with Gasteiger partial charge in [-0.05, 0) is 37.9 Å². The fraction of sp³-hybridized carbons (Fsp3) is 0. The molecule has 12 heavy (non-hydrogen) atoms. The second-order valence-electron chi connectivity index (χ2n) is 1.66. The number of thiophene rings is 1. The van der Waals surface area contributed by atoms with Crippen LogP contribution in [0.15, 0.2) is 18.5 Å². The van der Waals surface area contributed by atoms with Crippen LogP contribution < -0.4 is 29.6 Å². The molecule has 1 N–H and O–H groups in total. The van der Waals surface area contributed by atoms with Crippen molar-refractivity contribution in [1.82, 2.24) is 0 Å². The van der Waals surface area contributed by atoms with Crippen LogP contribution >= 0.6 is 43.2 Å². The van der Waals surface area contributed by atoms with E-state index in [2.05, 4.69) is 31.9 Å². The molecule has 0 bridgehead atoms. The maximum absolute atomic E-state index is 10.6. The molecule has 0 fully saturated rings. The topological polar surface area (TPSA) is 54.4 Å². The monoisotopic (exact) mass is 344 g/mol. The van der Waals surface area contributed by atoms with Gasteiger partial charge in [0.15, 0.2) is 0 Å². The van der Waals surface area contributed by atoms with E-state index in [1.54, 1.807) is 0 Å². The molecule has 0 spiro atoms. The van der Waals surface area contributed by atoms with E-state index < -0.39 is 10.1 Å². The van der Waals surface area contributed by atoms with Gasteiger partial charge in [0.25, 0.3) is 10.1 Å². The molecule has 64 valence electrons. The molecule has 0 aliphatic rings. The van der Waals surface area contributed by atoms with Crippen molar-refractivity contribution in [3.05, 3.63) is 13.6 Å². The van der Waals surface area contributed by atoms with Crippen LogP contribution in [0.1, 0.15) is 1.43 Å². The van der Waals surface area contributed by atoms with Gasteiger partial charge < -0.3 is 1.43 Å². The first-order chi connectivity index (χ1) is 4.91. The molecule has 1 rings (SSSR count). The molecule has 0 aromatic carbocycles. The van der Waals surface area contributed by atoms with E-state index in [0.29, 0.717) is 7.57 Å². The number of rotatable bonds is 1. The first-order valence-electron chi connectivity index (χ1n) is 2.33. The van der Waals surface area contributed by atoms with E-state index in [0.717, 1.165) is 0 Å². The fourth-order valence-electron chi connectivity index (χ4n) is 0.501. The summed E-state index contributed by atoms with van der Waals surface area (Å²) < 4.78 is 30.8. The quantitative estimate of drug-likeness (QED) is 0.558. The molecule has 8 heteroatoms. The molecule has 0 aliphatic carbocycles. The second-order valence-corrected chi connectivity index (χ2v) is 6.80. The van der Waals surface area contributed by atoms with Crippen molar-refractivity contribution in [1.29, 1.82) is 0 Å². The van der Waals surface area contributed by atoms with Crippen LogP contribution in [-0.4, -0.2) is 13.0 Å². The summed E-state index contributed by atoms with van der Waals surface area (Å²) in [4.78, 5) is -0.102. The molecule has 1 aromatic rings. The normalized spacial score (nSPS) is 10.9. The Bertz CT molecular complexity index is 377. The Morgan fingerprint density at radius 1 is 1.50 bits per heavy atom. The van der Waals surface area contributed by atoms with Gasteiger partial charge in [0.1, 0.15) is 4.90 Å². The summed E-state index contributed by atoms with van der Waals surface area (Å²) in [6.45, 7) is 0. The summed E-state index contributed by atoms with van der Waals surface area (Å²) in [5.74, 6) is 0. The Labute approximate surface area is 114 Å². The van der Waals surface area contributed by atoms with Crippen LogP contribution in [0, 0.1) is 0 Å². The third-order valence-corrected chi connectivity index (χ3v) is 4.51. The summed E-state index contributed by atoms with van der Waals surface area (Å²) >= 11 is 7.28. The van der Waals surface area contributed by atoms with E-state index in [9.17, 15) is 8.42 Å². The number of hydrogen-bond acceptors (Lipinski definition) is 3. The summed E-state index contributed by atoms with van der Waals surface area (Å²) in [7, 11) is -4.08. The Hall–Kier alpha value is 1.57. The molecule has 1 heterocycles. The molecular weight excluding hydrogens is 343 g/mol. The van der Waals surface area contributed by atoms with Crippen LogP contribution in [-0.2, 0) is 10.1 Å². The molecule has 0 radical (unpaired) electrons. The van der Waals surface area contributed by atoms with Crippen molar-refractivity contribution < 1.29 is 44.0 Å². The third-order valence-electron chi connectivity index (χ3n) is 0.903. The molecule has 0 unspecified atom stereocenters. The zero-order valence-electron chi connectivity index (χ0n) is 6.91. The van der Waals surface area contributed by atoms with Crippen molar-refractivity contribution in [3.63, 3.8) is 0 Å². The molecule has 0 saturated heterocycles. The van der Waals surface area contributed by atoms with Gasteiger partial charge in [-0.1, -0.05) is 0 Å². The second kappa shape index (κ2) is 4.88. The van der Waals surface area contributed by atoms with Crippen LogP contribution in [0.3, 0.4) is 0 Å². The van der Waals surface area contributed by atoms with E-state index in [1.807, 2.05) is 0 Å². The van der Waals surface area contributed by atoms with Crippen molar-refractivity contribution in [2.24, 2.45) is 0 Å². The number of halogens is 2. The van der Waals surface area contributed by atoms with Gasteiger partial charge in [-0.15, -0.1) is 11.3 Å². The van der Waals surface area contributed by atoms with Gasteiger partial charge in [-0.25, -0.2) is 0 Å². The molecular formula is C4H3Br2NaO3S2. The van der Waals surface area contributed by atoms with E-state index in [4.69, 9.17) is 4.55 Å². The van der Waals surface area contributed by atoms with Gasteiger partial charge >= 0.3 is 29.6 Å². The maximum atomic E-state index is 10.6. The van der Waals surface area contributed by atoms with Crippen molar-refractivity contribution in [2.75, 3.05) is 0 Å². The van der Waals surface area contributed by atoms with E-state index in [1.165, 1.54) is 17.4 Å². The molecule has 1 aromatic heterocycles. The molecule has 0 saturated carbocycles. The van der Waals surface area contributed by atoms with Crippen LogP contribution in [0.5, 0.6) is 0 Å². The van der Waals surface area contributed by atoms with Gasteiger partial charge in [0.2, 0.25) is 0 Å². The average Bonchev–Trinajstić information content (AvgIpc) is 2.08. The third kappa shape index (κ3) is 3.38. The Kier molecular flexibility index (Phi) is 5.52. The Morgan fingerprint density at radius 2 is 2.00 bits per heavy atom. The molecule has 0 aliphatic heterocycles. The summed E-state index contributed by atoms with van der Waals surface area (Å²) in [6, 6.07) is 1.34. The number of hydrogen-bond donors (Lipinski definition) is 1. The van der Waals surface area contributed by atoms with E-state index >= 15 is 0 Å². The summed E-state index contributed by atoms with van der Waals surface area (Å²) in [6.07, 6.45) is 0. The fourth-order valence-corrected chi connectivity index (χ4v) is 4.76. The van der Waals surface area contributed by atoms with Crippen molar-refractivity contribution in [3.8, 4) is 0 Å². The molecule has 0 amide bonds. The largest absolute Gasteiger partial charge is 1.00 e. The van der Waals surface area contributed by atoms with Crippen LogP contribution in [0.25, 0.3) is 0 Å². The zero-order valence-corrected chi connectivity index (χ0v) is 12.7. The first kappa shape index (κ1) is 13.6. The standard InChI is InChI=1S/C4H2Br2O3S2.Na.H/c5-3-1-2(4(6)10-3)11(7,8)9;;/h1H,(H,7,8,9);;/q;+1;-1. The van der Waals surface area contributed by atoms with Gasteiger partial charge in [-0.3, -0.25) is 4.55 Å². The van der Waals surface area contributed by atoms with Gasteiger partial charge in [0.05, 0.1) is 7.57 Å². The van der Waals surface area contributed by atoms with Crippen LogP contribution in [0.4, 0.5) is 0 Å². The van der Waals surface area contributed by atoms with E-state index in [-0.39, 0.29) is 35.9 Å². The van der Waals surface area contributed by atoms with Gasteiger partial charge in [0, 0.05) is 0 Å². The summed E-state index contributed by atoms with van der Waals surface area (Å²) in [5.41, 5.74) is 0. The minimum atomic E-state index is -4.08. The Morgan fingerprint density at radius 3 is 2.17 bits per heavy atom. The predicted octanol–water partition coefficient (Wildman–Crippen LogP) is -0.364. The van der Waals surface area contributed by atoms with Crippen molar-refractivity contribution >= 4 is 53.3 Å². The minimum Gasteiger partial charge on any atom is -1.00 e. The smallest absolute Gasteiger partial charge is 1.00 e. The minimum absolute atomic E-state index is 0. The Balaban J connectivity index is 0. The SMILES string of the molecule is O=S(=O)(O)c1cc(Br)sc1Br.[H-].[Na+]. The maximum Gasteiger partial charge on any atom is 1.00 e.